The maximum Gasteiger partial charge on any atom is 0.326 e. The van der Waals surface area contributed by atoms with Gasteiger partial charge in [0, 0.05) is 17.4 Å². The third kappa shape index (κ3) is 4.85. The third-order valence-electron chi connectivity index (χ3n) is 10.2. The van der Waals surface area contributed by atoms with Crippen molar-refractivity contribution in [3.05, 3.63) is 0 Å². The highest BCUT2D eigenvalue weighted by Gasteiger charge is 2.63. The number of carboxylic acid groups (broad SMARTS) is 1. The number of aliphatic hydroxyl groups excluding tert-OH is 1. The van der Waals surface area contributed by atoms with Gasteiger partial charge in [-0.3, -0.25) is 4.79 Å². The number of hydrogen-bond donors (Lipinski definition) is 3. The molecule has 0 spiro atoms. The zero-order chi connectivity index (χ0) is 24.1. The number of rotatable bonds is 4. The highest BCUT2D eigenvalue weighted by atomic mass is 32.2. The molecular formula is C27H45NO4S. The SMILES string of the molecule is CC(=O)NC(CC(C)C)C(=O)O.C[C@]12C[C@H]3S[C@H]3C[C@@H]1CC[C@@H]1[C@@H]2CC[C@]2(C)[C@@H](O)CC[C@@H]12. The molecule has 1 aliphatic heterocycles. The molecule has 3 N–H and O–H groups in total. The van der Waals surface area contributed by atoms with Crippen molar-refractivity contribution in [2.24, 2.45) is 40.4 Å². The van der Waals surface area contributed by atoms with E-state index in [-0.39, 0.29) is 23.3 Å². The Bertz CT molecular complexity index is 758. The van der Waals surface area contributed by atoms with Gasteiger partial charge in [0.15, 0.2) is 0 Å². The number of aliphatic carboxylic acids is 1. The van der Waals surface area contributed by atoms with Crippen LogP contribution in [0.4, 0.5) is 0 Å². The Morgan fingerprint density at radius 3 is 2.36 bits per heavy atom. The average molecular weight is 480 g/mol. The lowest BCUT2D eigenvalue weighted by atomic mass is 9.45. The maximum atomic E-state index is 10.6. The van der Waals surface area contributed by atoms with Crippen LogP contribution in [0.25, 0.3) is 0 Å². The Labute approximate surface area is 204 Å². The van der Waals surface area contributed by atoms with Gasteiger partial charge in [0.05, 0.1) is 6.10 Å². The summed E-state index contributed by atoms with van der Waals surface area (Å²) in [4.78, 5) is 21.1. The molecule has 0 aromatic rings. The molecule has 1 amide bonds. The topological polar surface area (TPSA) is 86.6 Å². The number of amides is 1. The normalized spacial score (nSPS) is 46.0. The van der Waals surface area contributed by atoms with Crippen LogP contribution < -0.4 is 5.32 Å². The second kappa shape index (κ2) is 9.37. The van der Waals surface area contributed by atoms with Crippen molar-refractivity contribution in [3.8, 4) is 0 Å². The number of aliphatic hydroxyl groups is 1. The van der Waals surface area contributed by atoms with Gasteiger partial charge in [-0.1, -0.05) is 27.7 Å². The Morgan fingerprint density at radius 1 is 1.03 bits per heavy atom. The van der Waals surface area contributed by atoms with E-state index in [9.17, 15) is 14.7 Å². The molecule has 5 nitrogen and oxygen atoms in total. The first kappa shape index (κ1) is 25.3. The molecule has 4 saturated carbocycles. The first-order valence-electron chi connectivity index (χ1n) is 13.3. The number of nitrogens with one attached hydrogen (secondary N) is 1. The van der Waals surface area contributed by atoms with Crippen LogP contribution in [0.5, 0.6) is 0 Å². The van der Waals surface area contributed by atoms with Gasteiger partial charge in [-0.15, -0.1) is 0 Å². The Morgan fingerprint density at radius 2 is 1.73 bits per heavy atom. The summed E-state index contributed by atoms with van der Waals surface area (Å²) in [6, 6.07) is -0.748. The van der Waals surface area contributed by atoms with Crippen LogP contribution in [0.3, 0.4) is 0 Å². The van der Waals surface area contributed by atoms with E-state index in [4.69, 9.17) is 5.11 Å². The molecular weight excluding hydrogens is 434 g/mol. The van der Waals surface area contributed by atoms with Gasteiger partial charge >= 0.3 is 5.97 Å². The van der Waals surface area contributed by atoms with Gasteiger partial charge in [-0.25, -0.2) is 4.79 Å². The molecule has 6 heteroatoms. The van der Waals surface area contributed by atoms with E-state index in [0.29, 0.717) is 11.8 Å². The number of hydrogen-bond acceptors (Lipinski definition) is 4. The third-order valence-corrected chi connectivity index (χ3v) is 11.6. The second-order valence-corrected chi connectivity index (χ2v) is 14.2. The summed E-state index contributed by atoms with van der Waals surface area (Å²) in [5.41, 5.74) is 0.901. The van der Waals surface area contributed by atoms with Crippen LogP contribution in [-0.4, -0.2) is 44.7 Å². The molecule has 1 saturated heterocycles. The van der Waals surface area contributed by atoms with Crippen LogP contribution in [-0.2, 0) is 9.59 Å². The van der Waals surface area contributed by atoms with Gasteiger partial charge < -0.3 is 15.5 Å². The molecule has 5 aliphatic rings. The van der Waals surface area contributed by atoms with Crippen molar-refractivity contribution in [1.29, 1.82) is 0 Å². The molecule has 1 unspecified atom stereocenters. The fourth-order valence-corrected chi connectivity index (χ4v) is 9.80. The molecule has 0 aromatic heterocycles. The van der Waals surface area contributed by atoms with Gasteiger partial charge in [0.2, 0.25) is 5.91 Å². The first-order chi connectivity index (χ1) is 15.5. The fraction of sp³-hybridized carbons (Fsp3) is 0.926. The van der Waals surface area contributed by atoms with Crippen LogP contribution in [0.15, 0.2) is 0 Å². The molecule has 0 radical (unpaired) electrons. The number of fused-ring (bicyclic) bond motifs is 6. The van der Waals surface area contributed by atoms with Crippen molar-refractivity contribution < 1.29 is 19.8 Å². The van der Waals surface area contributed by atoms with Crippen molar-refractivity contribution in [2.45, 2.75) is 115 Å². The zero-order valence-corrected chi connectivity index (χ0v) is 22.0. The van der Waals surface area contributed by atoms with Crippen LogP contribution in [0, 0.1) is 40.4 Å². The summed E-state index contributed by atoms with van der Waals surface area (Å²) in [6.07, 6.45) is 11.5. The van der Waals surface area contributed by atoms with E-state index >= 15 is 0 Å². The fourth-order valence-electron chi connectivity index (χ4n) is 8.43. The minimum absolute atomic E-state index is 0.0105. The summed E-state index contributed by atoms with van der Waals surface area (Å²) in [7, 11) is 0. The summed E-state index contributed by atoms with van der Waals surface area (Å²) >= 11 is 2.28. The van der Waals surface area contributed by atoms with Crippen LogP contribution >= 0.6 is 11.8 Å². The largest absolute Gasteiger partial charge is 0.480 e. The van der Waals surface area contributed by atoms with E-state index in [1.165, 1.54) is 51.9 Å². The van der Waals surface area contributed by atoms with E-state index in [1.807, 2.05) is 13.8 Å². The van der Waals surface area contributed by atoms with Gasteiger partial charge in [0.25, 0.3) is 0 Å². The van der Waals surface area contributed by atoms with Crippen molar-refractivity contribution in [2.75, 3.05) is 0 Å². The number of carbonyl (C=O) groups is 2. The quantitative estimate of drug-likeness (QED) is 0.488. The van der Waals surface area contributed by atoms with E-state index in [0.717, 1.165) is 40.6 Å². The monoisotopic (exact) mass is 479 g/mol. The molecule has 5 fully saturated rings. The minimum Gasteiger partial charge on any atom is -0.480 e. The van der Waals surface area contributed by atoms with Crippen LogP contribution in [0.1, 0.15) is 92.4 Å². The standard InChI is InChI=1S/C19H30OS.C8H15NO3/c1-18-8-7-14-12(13(18)5-6-17(18)20)4-3-11-9-15-16(21-15)10-19(11,14)2;1-5(2)4-7(8(11)12)9-6(3)10/h11-17,20H,3-10H2,1-2H3;5,7H,4H2,1-3H3,(H,9,10)(H,11,12)/t11-,12-,13-,14-,15-,16+,17-,18-,19-;/m0./s1. The van der Waals surface area contributed by atoms with E-state index in [1.54, 1.807) is 0 Å². The summed E-state index contributed by atoms with van der Waals surface area (Å²) in [5, 5.41) is 23.6. The predicted octanol–water partition coefficient (Wildman–Crippen LogP) is 5.11. The summed E-state index contributed by atoms with van der Waals surface area (Å²) in [6.45, 7) is 10.2. The highest BCUT2D eigenvalue weighted by molar-refractivity contribution is 8.07. The summed E-state index contributed by atoms with van der Waals surface area (Å²) < 4.78 is 0. The van der Waals surface area contributed by atoms with Gasteiger partial charge in [0.1, 0.15) is 6.04 Å². The van der Waals surface area contributed by atoms with Crippen LogP contribution in [0.2, 0.25) is 0 Å². The molecule has 188 valence electrons. The molecule has 33 heavy (non-hydrogen) atoms. The predicted molar refractivity (Wildman–Crippen MR) is 133 cm³/mol. The number of carboxylic acids is 1. The average Bonchev–Trinajstić information content (AvgIpc) is 3.39. The zero-order valence-electron chi connectivity index (χ0n) is 21.2. The smallest absolute Gasteiger partial charge is 0.326 e. The summed E-state index contributed by atoms with van der Waals surface area (Å²) in [5.74, 6) is 2.74. The molecule has 4 aliphatic carbocycles. The second-order valence-electron chi connectivity index (χ2n) is 12.7. The Balaban J connectivity index is 0.000000188. The lowest BCUT2D eigenvalue weighted by Crippen LogP contribution is -2.54. The van der Waals surface area contributed by atoms with E-state index in [2.05, 4.69) is 30.9 Å². The lowest BCUT2D eigenvalue weighted by Gasteiger charge is -2.60. The molecule has 10 atom stereocenters. The number of carbonyl (C=O) groups excluding carboxylic acids is 1. The highest BCUT2D eigenvalue weighted by Crippen LogP contribution is 2.70. The van der Waals surface area contributed by atoms with Crippen molar-refractivity contribution in [1.82, 2.24) is 5.32 Å². The molecule has 5 rings (SSSR count). The number of thioether (sulfide) groups is 1. The first-order valence-corrected chi connectivity index (χ1v) is 14.2. The van der Waals surface area contributed by atoms with Gasteiger partial charge in [-0.05, 0) is 98.2 Å². The van der Waals surface area contributed by atoms with Gasteiger partial charge in [-0.2, -0.15) is 11.8 Å². The van der Waals surface area contributed by atoms with Crippen molar-refractivity contribution >= 4 is 23.6 Å². The molecule has 1 heterocycles. The Kier molecular flexibility index (Phi) is 7.20. The molecule has 0 aromatic carbocycles. The Hall–Kier alpha value is -0.750. The van der Waals surface area contributed by atoms with Crippen molar-refractivity contribution in [3.63, 3.8) is 0 Å². The maximum absolute atomic E-state index is 10.6. The minimum atomic E-state index is -0.973. The lowest BCUT2D eigenvalue weighted by molar-refractivity contribution is -0.142. The van der Waals surface area contributed by atoms with E-state index < -0.39 is 12.0 Å². The molecule has 0 bridgehead atoms.